The van der Waals surface area contributed by atoms with Gasteiger partial charge in [-0.15, -0.1) is 0 Å². The first-order valence-electron chi connectivity index (χ1n) is 8.92. The summed E-state index contributed by atoms with van der Waals surface area (Å²) in [5.74, 6) is 1.46. The van der Waals surface area contributed by atoms with Crippen LogP contribution in [0, 0.1) is 19.8 Å². The summed E-state index contributed by atoms with van der Waals surface area (Å²) in [6, 6.07) is 6.06. The van der Waals surface area contributed by atoms with Gasteiger partial charge in [0, 0.05) is 38.6 Å². The highest BCUT2D eigenvalue weighted by molar-refractivity contribution is 5.81. The molecule has 3 rings (SSSR count). The van der Waals surface area contributed by atoms with Crippen LogP contribution in [-0.2, 0) is 4.79 Å². The Bertz CT molecular complexity index is 578. The van der Waals surface area contributed by atoms with Gasteiger partial charge in [-0.05, 0) is 38.3 Å². The Hall–Kier alpha value is -1.59. The van der Waals surface area contributed by atoms with Gasteiger partial charge >= 0.3 is 0 Å². The Labute approximate surface area is 144 Å². The van der Waals surface area contributed by atoms with Gasteiger partial charge in [-0.1, -0.05) is 17.7 Å². The van der Waals surface area contributed by atoms with E-state index in [2.05, 4.69) is 17.9 Å². The molecule has 1 aromatic carbocycles. The Morgan fingerprint density at radius 3 is 2.58 bits per heavy atom. The van der Waals surface area contributed by atoms with Crippen molar-refractivity contribution in [2.75, 3.05) is 39.3 Å². The molecule has 1 saturated heterocycles. The molecule has 1 aliphatic heterocycles. The number of aliphatic hydroxyl groups excluding tert-OH is 1. The fourth-order valence-corrected chi connectivity index (χ4v) is 3.24. The van der Waals surface area contributed by atoms with Crippen LogP contribution in [0.3, 0.4) is 0 Å². The minimum Gasteiger partial charge on any atom is -0.491 e. The zero-order valence-electron chi connectivity index (χ0n) is 14.7. The van der Waals surface area contributed by atoms with Crippen LogP contribution in [0.15, 0.2) is 18.2 Å². The van der Waals surface area contributed by atoms with E-state index >= 15 is 0 Å². The van der Waals surface area contributed by atoms with Crippen molar-refractivity contribution in [3.05, 3.63) is 29.3 Å². The summed E-state index contributed by atoms with van der Waals surface area (Å²) in [5.41, 5.74) is 2.30. The summed E-state index contributed by atoms with van der Waals surface area (Å²) in [5, 5.41) is 10.2. The lowest BCUT2D eigenvalue weighted by molar-refractivity contribution is -0.134. The predicted octanol–water partition coefficient (Wildman–Crippen LogP) is 1.60. The van der Waals surface area contributed by atoms with E-state index in [4.69, 9.17) is 4.74 Å². The van der Waals surface area contributed by atoms with E-state index in [0.29, 0.717) is 25.0 Å². The maximum atomic E-state index is 12.0. The molecule has 1 aliphatic carbocycles. The molecular formula is C19H28N2O3. The number of β-amino-alcohol motifs (C(OH)–C–C–N with tert-alkyl or cyclic N) is 1. The van der Waals surface area contributed by atoms with Gasteiger partial charge in [-0.2, -0.15) is 0 Å². The molecule has 0 radical (unpaired) electrons. The molecule has 2 fully saturated rings. The van der Waals surface area contributed by atoms with Gasteiger partial charge in [0.1, 0.15) is 18.5 Å². The number of carbonyl (C=O) groups excluding carboxylic acids is 1. The number of nitrogens with zero attached hydrogens (tertiary/aromatic N) is 2. The molecule has 0 unspecified atom stereocenters. The number of rotatable bonds is 6. The molecule has 132 valence electrons. The zero-order valence-corrected chi connectivity index (χ0v) is 14.7. The van der Waals surface area contributed by atoms with Gasteiger partial charge in [0.15, 0.2) is 0 Å². The van der Waals surface area contributed by atoms with Crippen LogP contribution in [0.4, 0.5) is 0 Å². The van der Waals surface area contributed by atoms with Crippen LogP contribution in [0.5, 0.6) is 5.75 Å². The Balaban J connectivity index is 1.39. The molecule has 2 aliphatic rings. The highest BCUT2D eigenvalue weighted by Crippen LogP contribution is 2.31. The molecule has 1 heterocycles. The van der Waals surface area contributed by atoms with Gasteiger partial charge < -0.3 is 14.7 Å². The van der Waals surface area contributed by atoms with E-state index in [-0.39, 0.29) is 0 Å². The number of amides is 1. The molecule has 24 heavy (non-hydrogen) atoms. The number of piperazine rings is 1. The summed E-state index contributed by atoms with van der Waals surface area (Å²) in [4.78, 5) is 16.2. The monoisotopic (exact) mass is 332 g/mol. The standard InChI is InChI=1S/C19H28N2O3/c1-14-3-6-18(15(2)11-14)24-13-17(22)12-20-7-9-21(10-8-20)19(23)16-4-5-16/h3,6,11,16-17,22H,4-5,7-10,12-13H2,1-2H3/t17-/m0/s1. The summed E-state index contributed by atoms with van der Waals surface area (Å²) in [6.45, 7) is 8.18. The fraction of sp³-hybridized carbons (Fsp3) is 0.632. The molecule has 5 nitrogen and oxygen atoms in total. The fourth-order valence-electron chi connectivity index (χ4n) is 3.24. The molecule has 1 aromatic rings. The van der Waals surface area contributed by atoms with E-state index < -0.39 is 6.10 Å². The highest BCUT2D eigenvalue weighted by atomic mass is 16.5. The first-order chi connectivity index (χ1) is 11.5. The Kier molecular flexibility index (Phi) is 5.41. The van der Waals surface area contributed by atoms with E-state index in [1.807, 2.05) is 24.0 Å². The van der Waals surface area contributed by atoms with E-state index in [9.17, 15) is 9.90 Å². The van der Waals surface area contributed by atoms with Gasteiger partial charge in [-0.3, -0.25) is 9.69 Å². The normalized spacial score (nSPS) is 20.0. The van der Waals surface area contributed by atoms with Crippen molar-refractivity contribution in [1.29, 1.82) is 0 Å². The SMILES string of the molecule is Cc1ccc(OC[C@@H](O)CN2CCN(C(=O)C3CC3)CC2)c(C)c1. The van der Waals surface area contributed by atoms with Gasteiger partial charge in [0.05, 0.1) is 0 Å². The Morgan fingerprint density at radius 2 is 1.96 bits per heavy atom. The molecule has 1 N–H and O–H groups in total. The summed E-state index contributed by atoms with van der Waals surface area (Å²) >= 11 is 0. The van der Waals surface area contributed by atoms with E-state index in [1.165, 1.54) is 5.56 Å². The number of hydrogen-bond donors (Lipinski definition) is 1. The summed E-state index contributed by atoms with van der Waals surface area (Å²) in [6.07, 6.45) is 1.61. The molecule has 5 heteroatoms. The minimum absolute atomic E-state index is 0.297. The maximum Gasteiger partial charge on any atom is 0.225 e. The molecular weight excluding hydrogens is 304 g/mol. The number of aliphatic hydroxyl groups is 1. The van der Waals surface area contributed by atoms with Crippen LogP contribution < -0.4 is 4.74 Å². The minimum atomic E-state index is -0.517. The molecule has 0 bridgehead atoms. The average molecular weight is 332 g/mol. The quantitative estimate of drug-likeness (QED) is 0.860. The van der Waals surface area contributed by atoms with Crippen molar-refractivity contribution in [2.45, 2.75) is 32.8 Å². The van der Waals surface area contributed by atoms with Crippen molar-refractivity contribution in [3.8, 4) is 5.75 Å². The second kappa shape index (κ2) is 7.53. The number of hydrogen-bond acceptors (Lipinski definition) is 4. The van der Waals surface area contributed by atoms with E-state index in [0.717, 1.165) is 50.3 Å². The number of aryl methyl sites for hydroxylation is 2. The molecule has 1 atom stereocenters. The number of benzene rings is 1. The lowest BCUT2D eigenvalue weighted by Gasteiger charge is -2.35. The second-order valence-corrected chi connectivity index (χ2v) is 7.13. The molecule has 1 saturated carbocycles. The number of carbonyl (C=O) groups is 1. The third-order valence-electron chi connectivity index (χ3n) is 4.84. The first kappa shape index (κ1) is 17.2. The van der Waals surface area contributed by atoms with Crippen LogP contribution in [-0.4, -0.2) is 66.2 Å². The predicted molar refractivity (Wildman–Crippen MR) is 93.2 cm³/mol. The van der Waals surface area contributed by atoms with Crippen LogP contribution in [0.25, 0.3) is 0 Å². The second-order valence-electron chi connectivity index (χ2n) is 7.13. The van der Waals surface area contributed by atoms with Crippen molar-refractivity contribution in [1.82, 2.24) is 9.80 Å². The largest absolute Gasteiger partial charge is 0.491 e. The van der Waals surface area contributed by atoms with Crippen molar-refractivity contribution < 1.29 is 14.6 Å². The lowest BCUT2D eigenvalue weighted by atomic mass is 10.1. The van der Waals surface area contributed by atoms with Crippen molar-refractivity contribution in [2.24, 2.45) is 5.92 Å². The molecule has 1 amide bonds. The topological polar surface area (TPSA) is 53.0 Å². The van der Waals surface area contributed by atoms with Crippen LogP contribution in [0.2, 0.25) is 0 Å². The van der Waals surface area contributed by atoms with Crippen LogP contribution >= 0.6 is 0 Å². The van der Waals surface area contributed by atoms with E-state index in [1.54, 1.807) is 0 Å². The smallest absolute Gasteiger partial charge is 0.225 e. The third kappa shape index (κ3) is 4.48. The van der Waals surface area contributed by atoms with Crippen LogP contribution in [0.1, 0.15) is 24.0 Å². The van der Waals surface area contributed by atoms with Gasteiger partial charge in [0.2, 0.25) is 5.91 Å². The van der Waals surface area contributed by atoms with Crippen molar-refractivity contribution >= 4 is 5.91 Å². The molecule has 0 aromatic heterocycles. The highest BCUT2D eigenvalue weighted by Gasteiger charge is 2.34. The summed E-state index contributed by atoms with van der Waals surface area (Å²) < 4.78 is 5.75. The van der Waals surface area contributed by atoms with Gasteiger partial charge in [0.25, 0.3) is 0 Å². The first-order valence-corrected chi connectivity index (χ1v) is 8.92. The summed E-state index contributed by atoms with van der Waals surface area (Å²) in [7, 11) is 0. The maximum absolute atomic E-state index is 12.0. The molecule has 0 spiro atoms. The number of ether oxygens (including phenoxy) is 1. The average Bonchev–Trinajstić information content (AvgIpc) is 3.39. The van der Waals surface area contributed by atoms with Gasteiger partial charge in [-0.25, -0.2) is 0 Å². The third-order valence-corrected chi connectivity index (χ3v) is 4.84. The lowest BCUT2D eigenvalue weighted by Crippen LogP contribution is -2.51. The zero-order chi connectivity index (χ0) is 17.1. The Morgan fingerprint density at radius 1 is 1.25 bits per heavy atom. The van der Waals surface area contributed by atoms with Crippen molar-refractivity contribution in [3.63, 3.8) is 0 Å².